The topological polar surface area (TPSA) is 52.9 Å². The molecule has 1 aliphatic heterocycles. The van der Waals surface area contributed by atoms with Crippen LogP contribution >= 0.6 is 0 Å². The molecule has 0 bridgehead atoms. The highest BCUT2D eigenvalue weighted by Gasteiger charge is 2.20. The van der Waals surface area contributed by atoms with Crippen molar-refractivity contribution in [3.05, 3.63) is 0 Å². The SMILES string of the molecule is OCC1COCCN1CO. The lowest BCUT2D eigenvalue weighted by Gasteiger charge is -2.32. The molecule has 0 aromatic carbocycles. The average molecular weight is 147 g/mol. The number of rotatable bonds is 2. The first kappa shape index (κ1) is 7.94. The number of nitrogens with zero attached hydrogens (tertiary/aromatic N) is 1. The summed E-state index contributed by atoms with van der Waals surface area (Å²) in [5.74, 6) is 0. The van der Waals surface area contributed by atoms with Gasteiger partial charge in [-0.3, -0.25) is 4.90 Å². The molecule has 1 atom stereocenters. The van der Waals surface area contributed by atoms with Crippen LogP contribution in [0.15, 0.2) is 0 Å². The maximum atomic E-state index is 8.76. The normalized spacial score (nSPS) is 28.8. The maximum Gasteiger partial charge on any atom is 0.0961 e. The van der Waals surface area contributed by atoms with E-state index in [1.165, 1.54) is 0 Å². The Labute approximate surface area is 60.0 Å². The molecular weight excluding hydrogens is 134 g/mol. The molecule has 60 valence electrons. The predicted octanol–water partition coefficient (Wildman–Crippen LogP) is -1.37. The zero-order valence-corrected chi connectivity index (χ0v) is 5.86. The molecule has 0 saturated carbocycles. The largest absolute Gasteiger partial charge is 0.395 e. The van der Waals surface area contributed by atoms with Gasteiger partial charge < -0.3 is 14.9 Å². The lowest BCUT2D eigenvalue weighted by Crippen LogP contribution is -2.47. The summed E-state index contributed by atoms with van der Waals surface area (Å²) in [6.45, 7) is 1.95. The van der Waals surface area contributed by atoms with Gasteiger partial charge in [0, 0.05) is 6.54 Å². The van der Waals surface area contributed by atoms with Gasteiger partial charge in [0.25, 0.3) is 0 Å². The van der Waals surface area contributed by atoms with E-state index in [2.05, 4.69) is 0 Å². The van der Waals surface area contributed by atoms with Crippen molar-refractivity contribution in [2.45, 2.75) is 6.04 Å². The summed E-state index contributed by atoms with van der Waals surface area (Å²) in [6, 6.07) is -0.0150. The number of aliphatic hydroxyl groups is 2. The Morgan fingerprint density at radius 2 is 2.30 bits per heavy atom. The summed E-state index contributed by atoms with van der Waals surface area (Å²) >= 11 is 0. The van der Waals surface area contributed by atoms with Crippen LogP contribution in [0.3, 0.4) is 0 Å². The molecule has 1 saturated heterocycles. The van der Waals surface area contributed by atoms with Crippen LogP contribution in [0.4, 0.5) is 0 Å². The molecule has 4 heteroatoms. The molecule has 0 aliphatic carbocycles. The molecule has 1 fully saturated rings. The highest BCUT2D eigenvalue weighted by molar-refractivity contribution is 4.71. The minimum absolute atomic E-state index is 0.00852. The number of ether oxygens (including phenoxy) is 1. The zero-order chi connectivity index (χ0) is 7.40. The van der Waals surface area contributed by atoms with Crippen LogP contribution in [0.5, 0.6) is 0 Å². The third-order valence-corrected chi connectivity index (χ3v) is 1.74. The number of hydrogen-bond donors (Lipinski definition) is 2. The number of morpholine rings is 1. The van der Waals surface area contributed by atoms with Crippen molar-refractivity contribution in [3.63, 3.8) is 0 Å². The second kappa shape index (κ2) is 3.88. The first-order valence-electron chi connectivity index (χ1n) is 3.42. The van der Waals surface area contributed by atoms with Crippen LogP contribution in [0, 0.1) is 0 Å². The Hall–Kier alpha value is -0.160. The van der Waals surface area contributed by atoms with Crippen molar-refractivity contribution in [2.24, 2.45) is 0 Å². The molecule has 1 aliphatic rings. The lowest BCUT2D eigenvalue weighted by molar-refractivity contribution is -0.0609. The molecule has 0 spiro atoms. The number of aliphatic hydroxyl groups excluding tert-OH is 2. The monoisotopic (exact) mass is 147 g/mol. The van der Waals surface area contributed by atoms with Crippen LogP contribution in [0.25, 0.3) is 0 Å². The highest BCUT2D eigenvalue weighted by atomic mass is 16.5. The molecule has 2 N–H and O–H groups in total. The van der Waals surface area contributed by atoms with Gasteiger partial charge in [-0.2, -0.15) is 0 Å². The molecule has 4 nitrogen and oxygen atoms in total. The summed E-state index contributed by atoms with van der Waals surface area (Å²) in [5, 5.41) is 17.5. The second-order valence-electron chi connectivity index (χ2n) is 2.37. The molecule has 0 aromatic rings. The van der Waals surface area contributed by atoms with Crippen molar-refractivity contribution in [2.75, 3.05) is 33.1 Å². The van der Waals surface area contributed by atoms with Crippen molar-refractivity contribution < 1.29 is 14.9 Å². The third kappa shape index (κ3) is 1.67. The number of hydrogen-bond acceptors (Lipinski definition) is 4. The molecule has 1 unspecified atom stereocenters. The van der Waals surface area contributed by atoms with E-state index in [9.17, 15) is 0 Å². The fourth-order valence-electron chi connectivity index (χ4n) is 1.04. The van der Waals surface area contributed by atoms with Crippen molar-refractivity contribution >= 4 is 0 Å². The van der Waals surface area contributed by atoms with Gasteiger partial charge in [-0.1, -0.05) is 0 Å². The van der Waals surface area contributed by atoms with E-state index in [-0.39, 0.29) is 19.4 Å². The van der Waals surface area contributed by atoms with Crippen molar-refractivity contribution in [1.29, 1.82) is 0 Å². The van der Waals surface area contributed by atoms with Crippen LogP contribution < -0.4 is 0 Å². The predicted molar refractivity (Wildman–Crippen MR) is 35.5 cm³/mol. The Balaban J connectivity index is 2.34. The minimum Gasteiger partial charge on any atom is -0.395 e. The molecule has 0 amide bonds. The van der Waals surface area contributed by atoms with E-state index >= 15 is 0 Å². The van der Waals surface area contributed by atoms with Crippen LogP contribution in [-0.2, 0) is 4.74 Å². The summed E-state index contributed by atoms with van der Waals surface area (Å²) in [6.07, 6.45) is 0. The summed E-state index contributed by atoms with van der Waals surface area (Å²) in [4.78, 5) is 1.80. The average Bonchev–Trinajstić information content (AvgIpc) is 2.04. The molecule has 1 rings (SSSR count). The Morgan fingerprint density at radius 1 is 1.50 bits per heavy atom. The van der Waals surface area contributed by atoms with E-state index in [0.29, 0.717) is 19.8 Å². The summed E-state index contributed by atoms with van der Waals surface area (Å²) in [7, 11) is 0. The second-order valence-corrected chi connectivity index (χ2v) is 2.37. The van der Waals surface area contributed by atoms with Crippen LogP contribution in [0.1, 0.15) is 0 Å². The van der Waals surface area contributed by atoms with Gasteiger partial charge in [0.15, 0.2) is 0 Å². The maximum absolute atomic E-state index is 8.76. The zero-order valence-electron chi connectivity index (χ0n) is 5.86. The Bertz CT molecular complexity index is 87.0. The van der Waals surface area contributed by atoms with Gasteiger partial charge in [0.05, 0.1) is 32.6 Å². The van der Waals surface area contributed by atoms with Gasteiger partial charge in [-0.05, 0) is 0 Å². The molecule has 1 heterocycles. The molecule has 0 radical (unpaired) electrons. The van der Waals surface area contributed by atoms with Crippen molar-refractivity contribution in [3.8, 4) is 0 Å². The lowest BCUT2D eigenvalue weighted by atomic mass is 10.2. The van der Waals surface area contributed by atoms with Gasteiger partial charge in [-0.25, -0.2) is 0 Å². The summed E-state index contributed by atoms with van der Waals surface area (Å²) < 4.78 is 5.09. The highest BCUT2D eigenvalue weighted by Crippen LogP contribution is 2.03. The molecule has 10 heavy (non-hydrogen) atoms. The van der Waals surface area contributed by atoms with E-state index in [1.807, 2.05) is 0 Å². The van der Waals surface area contributed by atoms with Gasteiger partial charge in [0.2, 0.25) is 0 Å². The molecule has 0 aromatic heterocycles. The van der Waals surface area contributed by atoms with E-state index in [1.54, 1.807) is 4.90 Å². The quantitative estimate of drug-likeness (QED) is 0.506. The van der Waals surface area contributed by atoms with Crippen LogP contribution in [0.2, 0.25) is 0 Å². The smallest absolute Gasteiger partial charge is 0.0961 e. The first-order valence-corrected chi connectivity index (χ1v) is 3.42. The van der Waals surface area contributed by atoms with E-state index in [0.717, 1.165) is 0 Å². The minimum atomic E-state index is -0.0150. The third-order valence-electron chi connectivity index (χ3n) is 1.74. The van der Waals surface area contributed by atoms with Crippen molar-refractivity contribution in [1.82, 2.24) is 4.90 Å². The Kier molecular flexibility index (Phi) is 3.08. The first-order chi connectivity index (χ1) is 4.88. The fraction of sp³-hybridized carbons (Fsp3) is 1.00. The van der Waals surface area contributed by atoms with Crippen LogP contribution in [-0.4, -0.2) is 54.3 Å². The van der Waals surface area contributed by atoms with Gasteiger partial charge in [0.1, 0.15) is 0 Å². The Morgan fingerprint density at radius 3 is 2.80 bits per heavy atom. The van der Waals surface area contributed by atoms with E-state index < -0.39 is 0 Å². The van der Waals surface area contributed by atoms with E-state index in [4.69, 9.17) is 14.9 Å². The van der Waals surface area contributed by atoms with Gasteiger partial charge >= 0.3 is 0 Å². The van der Waals surface area contributed by atoms with Gasteiger partial charge in [-0.15, -0.1) is 0 Å². The fourth-order valence-corrected chi connectivity index (χ4v) is 1.04. The standard InChI is InChI=1S/C6H13NO3/c8-3-6-4-10-2-1-7(6)5-9/h6,8-9H,1-5H2. The molecular formula is C6H13NO3. The summed E-state index contributed by atoms with van der Waals surface area (Å²) in [5.41, 5.74) is 0.